The van der Waals surface area contributed by atoms with E-state index < -0.39 is 5.60 Å². The lowest BCUT2D eigenvalue weighted by Gasteiger charge is -2.21. The topological polar surface area (TPSA) is 83.7 Å². The van der Waals surface area contributed by atoms with Gasteiger partial charge >= 0.3 is 6.03 Å². The highest BCUT2D eigenvalue weighted by atomic mass is 16.5. The summed E-state index contributed by atoms with van der Waals surface area (Å²) in [6.07, 6.45) is 2.20. The predicted molar refractivity (Wildman–Crippen MR) is 86.4 cm³/mol. The molecule has 23 heavy (non-hydrogen) atoms. The number of rotatable bonds is 7. The van der Waals surface area contributed by atoms with Gasteiger partial charge in [-0.05, 0) is 43.2 Å². The van der Waals surface area contributed by atoms with Crippen molar-refractivity contribution in [3.63, 3.8) is 0 Å². The van der Waals surface area contributed by atoms with Gasteiger partial charge in [0, 0.05) is 6.54 Å². The molecule has 3 N–H and O–H groups in total. The number of hydrogen-bond donors (Lipinski definition) is 3. The zero-order chi connectivity index (χ0) is 16.7. The van der Waals surface area contributed by atoms with E-state index in [1.807, 2.05) is 24.3 Å². The maximum absolute atomic E-state index is 11.8. The molecule has 0 aliphatic carbocycles. The fourth-order valence-electron chi connectivity index (χ4n) is 2.10. The van der Waals surface area contributed by atoms with Crippen molar-refractivity contribution in [1.82, 2.24) is 10.6 Å². The Morgan fingerprint density at radius 2 is 2.00 bits per heavy atom. The van der Waals surface area contributed by atoms with Gasteiger partial charge in [-0.2, -0.15) is 0 Å². The molecule has 1 aromatic carbocycles. The standard InChI is InChI=1S/C17H22N2O4/c1-17(21,15-4-3-11-23-15)12-19-16(20)18-10-9-13-5-7-14(22-2)8-6-13/h3-8,11,21H,9-10,12H2,1-2H3,(H2,18,19,20)/t17-/m1/s1. The Kier molecular flexibility index (Phi) is 5.65. The lowest BCUT2D eigenvalue weighted by Crippen LogP contribution is -2.43. The first kappa shape index (κ1) is 16.9. The number of methoxy groups -OCH3 is 1. The summed E-state index contributed by atoms with van der Waals surface area (Å²) in [7, 11) is 1.62. The highest BCUT2D eigenvalue weighted by Gasteiger charge is 2.26. The molecule has 2 amide bonds. The minimum Gasteiger partial charge on any atom is -0.497 e. The molecule has 0 aliphatic rings. The summed E-state index contributed by atoms with van der Waals surface area (Å²) in [5.74, 6) is 1.22. The lowest BCUT2D eigenvalue weighted by molar-refractivity contribution is 0.0367. The zero-order valence-electron chi connectivity index (χ0n) is 13.3. The van der Waals surface area contributed by atoms with E-state index >= 15 is 0 Å². The molecule has 0 bridgehead atoms. The summed E-state index contributed by atoms with van der Waals surface area (Å²) >= 11 is 0. The lowest BCUT2D eigenvalue weighted by atomic mass is 10.0. The van der Waals surface area contributed by atoms with Crippen LogP contribution < -0.4 is 15.4 Å². The highest BCUT2D eigenvalue weighted by Crippen LogP contribution is 2.19. The molecule has 0 spiro atoms. The van der Waals surface area contributed by atoms with Gasteiger partial charge in [0.25, 0.3) is 0 Å². The van der Waals surface area contributed by atoms with Gasteiger partial charge in [-0.1, -0.05) is 12.1 Å². The minimum atomic E-state index is -1.24. The van der Waals surface area contributed by atoms with E-state index in [0.717, 1.165) is 11.3 Å². The number of hydrogen-bond acceptors (Lipinski definition) is 4. The number of carbonyl (C=O) groups is 1. The van der Waals surface area contributed by atoms with Crippen LogP contribution in [0.2, 0.25) is 0 Å². The van der Waals surface area contributed by atoms with Gasteiger partial charge in [0.1, 0.15) is 17.1 Å². The number of carbonyl (C=O) groups excluding carboxylic acids is 1. The third-order valence-electron chi connectivity index (χ3n) is 3.50. The summed E-state index contributed by atoms with van der Waals surface area (Å²) in [5, 5.41) is 15.6. The van der Waals surface area contributed by atoms with Crippen molar-refractivity contribution in [3.8, 4) is 5.75 Å². The van der Waals surface area contributed by atoms with Crippen LogP contribution in [0.25, 0.3) is 0 Å². The van der Waals surface area contributed by atoms with Gasteiger partial charge in [-0.3, -0.25) is 0 Å². The van der Waals surface area contributed by atoms with Gasteiger partial charge in [0.05, 0.1) is 19.9 Å². The molecule has 0 saturated heterocycles. The fraction of sp³-hybridized carbons (Fsp3) is 0.353. The SMILES string of the molecule is COc1ccc(CCNC(=O)NC[C@@](C)(O)c2ccco2)cc1. The molecule has 0 aliphatic heterocycles. The number of aliphatic hydroxyl groups is 1. The second-order valence-corrected chi connectivity index (χ2v) is 5.46. The zero-order valence-corrected chi connectivity index (χ0v) is 13.3. The van der Waals surface area contributed by atoms with Gasteiger partial charge in [0.15, 0.2) is 0 Å². The summed E-state index contributed by atoms with van der Waals surface area (Å²) < 4.78 is 10.3. The smallest absolute Gasteiger partial charge is 0.314 e. The molecule has 2 rings (SSSR count). The Bertz CT molecular complexity index is 606. The number of amides is 2. The summed E-state index contributed by atoms with van der Waals surface area (Å²) in [4.78, 5) is 11.8. The molecule has 6 heteroatoms. The summed E-state index contributed by atoms with van der Waals surface area (Å²) in [6.45, 7) is 2.15. The van der Waals surface area contributed by atoms with Crippen LogP contribution in [0, 0.1) is 0 Å². The number of ether oxygens (including phenoxy) is 1. The van der Waals surface area contributed by atoms with Crippen molar-refractivity contribution in [3.05, 3.63) is 54.0 Å². The summed E-state index contributed by atoms with van der Waals surface area (Å²) in [5.41, 5.74) is -0.134. The fourth-order valence-corrected chi connectivity index (χ4v) is 2.10. The Labute approximate surface area is 135 Å². The molecule has 0 unspecified atom stereocenters. The number of urea groups is 1. The molecule has 0 fully saturated rings. The largest absolute Gasteiger partial charge is 0.497 e. The van der Waals surface area contributed by atoms with Gasteiger partial charge in [0.2, 0.25) is 0 Å². The quantitative estimate of drug-likeness (QED) is 0.729. The van der Waals surface area contributed by atoms with Crippen molar-refractivity contribution in [2.45, 2.75) is 18.9 Å². The van der Waals surface area contributed by atoms with E-state index in [4.69, 9.17) is 9.15 Å². The van der Waals surface area contributed by atoms with Crippen LogP contribution in [-0.2, 0) is 12.0 Å². The van der Waals surface area contributed by atoms with Crippen LogP contribution in [0.1, 0.15) is 18.2 Å². The van der Waals surface area contributed by atoms with Crippen molar-refractivity contribution in [1.29, 1.82) is 0 Å². The van der Waals surface area contributed by atoms with Crippen molar-refractivity contribution in [2.75, 3.05) is 20.2 Å². The molecular formula is C17H22N2O4. The van der Waals surface area contributed by atoms with Crippen LogP contribution >= 0.6 is 0 Å². The van der Waals surface area contributed by atoms with E-state index in [2.05, 4.69) is 10.6 Å². The van der Waals surface area contributed by atoms with E-state index in [9.17, 15) is 9.90 Å². The normalized spacial score (nSPS) is 13.2. The number of benzene rings is 1. The third-order valence-corrected chi connectivity index (χ3v) is 3.50. The van der Waals surface area contributed by atoms with Crippen LogP contribution in [0.15, 0.2) is 47.1 Å². The molecular weight excluding hydrogens is 296 g/mol. The monoisotopic (exact) mass is 318 g/mol. The van der Waals surface area contributed by atoms with Crippen LogP contribution in [0.3, 0.4) is 0 Å². The minimum absolute atomic E-state index is 0.0644. The van der Waals surface area contributed by atoms with Gasteiger partial charge in [-0.25, -0.2) is 4.79 Å². The van der Waals surface area contributed by atoms with E-state index in [1.54, 1.807) is 26.2 Å². The third kappa shape index (κ3) is 5.03. The molecule has 1 heterocycles. The molecule has 2 aromatic rings. The molecule has 6 nitrogen and oxygen atoms in total. The second kappa shape index (κ2) is 7.69. The van der Waals surface area contributed by atoms with Crippen molar-refractivity contribution < 1.29 is 19.1 Å². The number of furan rings is 1. The average molecular weight is 318 g/mol. The highest BCUT2D eigenvalue weighted by molar-refractivity contribution is 5.73. The van der Waals surface area contributed by atoms with Crippen molar-refractivity contribution >= 4 is 6.03 Å². The molecule has 1 atom stereocenters. The average Bonchev–Trinajstić information content (AvgIpc) is 3.09. The molecule has 1 aromatic heterocycles. The maximum atomic E-state index is 11.8. The first-order valence-corrected chi connectivity index (χ1v) is 7.42. The molecule has 124 valence electrons. The molecule has 0 radical (unpaired) electrons. The maximum Gasteiger partial charge on any atom is 0.314 e. The van der Waals surface area contributed by atoms with E-state index in [1.165, 1.54) is 6.26 Å². The van der Waals surface area contributed by atoms with E-state index in [-0.39, 0.29) is 12.6 Å². The second-order valence-electron chi connectivity index (χ2n) is 5.46. The first-order valence-electron chi connectivity index (χ1n) is 7.42. The first-order chi connectivity index (χ1) is 11.0. The Morgan fingerprint density at radius 3 is 2.61 bits per heavy atom. The Balaban J connectivity index is 1.70. The van der Waals surface area contributed by atoms with Crippen LogP contribution in [-0.4, -0.2) is 31.3 Å². The number of nitrogens with one attached hydrogen (secondary N) is 2. The predicted octanol–water partition coefficient (Wildman–Crippen LogP) is 2.04. The van der Waals surface area contributed by atoms with Crippen LogP contribution in [0.5, 0.6) is 5.75 Å². The Morgan fingerprint density at radius 1 is 1.26 bits per heavy atom. The van der Waals surface area contributed by atoms with Gasteiger partial charge in [-0.15, -0.1) is 0 Å². The van der Waals surface area contributed by atoms with Crippen molar-refractivity contribution in [2.24, 2.45) is 0 Å². The van der Waals surface area contributed by atoms with Crippen LogP contribution in [0.4, 0.5) is 4.79 Å². The molecule has 0 saturated carbocycles. The summed E-state index contributed by atoms with van der Waals surface area (Å²) in [6, 6.07) is 10.7. The van der Waals surface area contributed by atoms with E-state index in [0.29, 0.717) is 18.7 Å². The van der Waals surface area contributed by atoms with Gasteiger partial charge < -0.3 is 24.9 Å². The Hall–Kier alpha value is -2.47.